The molecule has 24 heavy (non-hydrogen) atoms. The molecule has 126 valence electrons. The zero-order chi connectivity index (χ0) is 16.9. The molecule has 2 aromatic heterocycles. The monoisotopic (exact) mass is 325 g/mol. The number of hydrogen-bond donors (Lipinski definition) is 2. The van der Waals surface area contributed by atoms with E-state index in [1.165, 1.54) is 5.56 Å². The van der Waals surface area contributed by atoms with E-state index in [2.05, 4.69) is 33.7 Å². The van der Waals surface area contributed by atoms with E-state index in [9.17, 15) is 0 Å². The summed E-state index contributed by atoms with van der Waals surface area (Å²) in [5, 5.41) is 12.0. The van der Waals surface area contributed by atoms with Gasteiger partial charge in [0.15, 0.2) is 5.96 Å². The number of furan rings is 1. The lowest BCUT2D eigenvalue weighted by Crippen LogP contribution is -2.38. The number of nitrogens with one attached hydrogen (secondary N) is 2. The molecule has 0 aliphatic rings. The zero-order valence-electron chi connectivity index (χ0n) is 14.3. The molecule has 3 aromatic rings. The predicted octanol–water partition coefficient (Wildman–Crippen LogP) is 2.61. The first kappa shape index (κ1) is 16.1. The first-order valence-electron chi connectivity index (χ1n) is 8.08. The minimum absolute atomic E-state index is 0.598. The lowest BCUT2D eigenvalue weighted by molar-refractivity contribution is 0.532. The maximum atomic E-state index is 5.91. The Morgan fingerprint density at radius 1 is 1.25 bits per heavy atom. The molecule has 0 radical (unpaired) electrons. The van der Waals surface area contributed by atoms with Crippen molar-refractivity contribution in [3.8, 4) is 0 Å². The van der Waals surface area contributed by atoms with Crippen molar-refractivity contribution >= 4 is 16.9 Å². The van der Waals surface area contributed by atoms with E-state index in [0.717, 1.165) is 41.3 Å². The molecule has 0 saturated carbocycles. The van der Waals surface area contributed by atoms with Gasteiger partial charge in [0, 0.05) is 30.7 Å². The summed E-state index contributed by atoms with van der Waals surface area (Å²) in [4.78, 5) is 4.25. The van der Waals surface area contributed by atoms with Gasteiger partial charge in [-0.3, -0.25) is 9.67 Å². The second-order valence-electron chi connectivity index (χ2n) is 5.78. The lowest BCUT2D eigenvalue weighted by Gasteiger charge is -2.11. The van der Waals surface area contributed by atoms with Crippen molar-refractivity contribution in [2.24, 2.45) is 4.99 Å². The molecule has 0 fully saturated rings. The fraction of sp³-hybridized carbons (Fsp3) is 0.333. The zero-order valence-corrected chi connectivity index (χ0v) is 14.3. The Morgan fingerprint density at radius 2 is 2.08 bits per heavy atom. The van der Waals surface area contributed by atoms with Crippen LogP contribution in [-0.2, 0) is 13.1 Å². The summed E-state index contributed by atoms with van der Waals surface area (Å²) in [6, 6.07) is 8.08. The van der Waals surface area contributed by atoms with E-state index in [0.29, 0.717) is 6.54 Å². The van der Waals surface area contributed by atoms with Gasteiger partial charge < -0.3 is 15.1 Å². The van der Waals surface area contributed by atoms with Crippen molar-refractivity contribution in [1.29, 1.82) is 0 Å². The molecule has 0 aliphatic heterocycles. The number of guanidine groups is 1. The second kappa shape index (κ2) is 7.21. The van der Waals surface area contributed by atoms with Gasteiger partial charge in [0.25, 0.3) is 0 Å². The molecule has 0 spiro atoms. The minimum Gasteiger partial charge on any atom is -0.459 e. The Bertz CT molecular complexity index is 846. The fourth-order valence-electron chi connectivity index (χ4n) is 2.66. The topological polar surface area (TPSA) is 67.4 Å². The van der Waals surface area contributed by atoms with Crippen LogP contribution in [0.3, 0.4) is 0 Å². The van der Waals surface area contributed by atoms with E-state index < -0.39 is 0 Å². The average molecular weight is 325 g/mol. The maximum absolute atomic E-state index is 5.91. The van der Waals surface area contributed by atoms with Gasteiger partial charge in [0.2, 0.25) is 0 Å². The minimum atomic E-state index is 0.598. The molecule has 0 atom stereocenters. The highest BCUT2D eigenvalue weighted by Gasteiger charge is 2.10. The molecular formula is C18H23N5O. The first-order chi connectivity index (χ1) is 11.7. The summed E-state index contributed by atoms with van der Waals surface area (Å²) < 4.78 is 7.83. The van der Waals surface area contributed by atoms with Gasteiger partial charge in [-0.2, -0.15) is 5.10 Å². The Balaban J connectivity index is 1.54. The second-order valence-corrected chi connectivity index (χ2v) is 5.78. The number of aromatic nitrogens is 2. The number of hydrogen-bond acceptors (Lipinski definition) is 3. The number of rotatable bonds is 5. The highest BCUT2D eigenvalue weighted by atomic mass is 16.3. The van der Waals surface area contributed by atoms with E-state index in [-0.39, 0.29) is 0 Å². The summed E-state index contributed by atoms with van der Waals surface area (Å²) in [7, 11) is 1.76. The number of nitrogens with zero attached hydrogens (tertiary/aromatic N) is 3. The van der Waals surface area contributed by atoms with Crippen LogP contribution in [0, 0.1) is 13.8 Å². The van der Waals surface area contributed by atoms with E-state index in [1.54, 1.807) is 7.05 Å². The van der Waals surface area contributed by atoms with Gasteiger partial charge in [0.05, 0.1) is 19.3 Å². The van der Waals surface area contributed by atoms with Crippen LogP contribution < -0.4 is 10.6 Å². The van der Waals surface area contributed by atoms with Crippen LogP contribution in [-0.4, -0.2) is 29.3 Å². The molecule has 3 rings (SSSR count). The lowest BCUT2D eigenvalue weighted by atomic mass is 10.1. The van der Waals surface area contributed by atoms with Gasteiger partial charge in [0.1, 0.15) is 11.3 Å². The number of aryl methyl sites for hydroxylation is 2. The molecule has 0 aliphatic carbocycles. The molecule has 0 bridgehead atoms. The largest absolute Gasteiger partial charge is 0.459 e. The van der Waals surface area contributed by atoms with Crippen molar-refractivity contribution in [2.45, 2.75) is 26.9 Å². The van der Waals surface area contributed by atoms with Crippen molar-refractivity contribution in [1.82, 2.24) is 20.4 Å². The third-order valence-corrected chi connectivity index (χ3v) is 3.98. The summed E-state index contributed by atoms with van der Waals surface area (Å²) in [6.45, 7) is 6.26. The Kier molecular flexibility index (Phi) is 4.84. The van der Waals surface area contributed by atoms with Crippen LogP contribution in [0.4, 0.5) is 0 Å². The summed E-state index contributed by atoms with van der Waals surface area (Å²) >= 11 is 0. The normalized spacial score (nSPS) is 11.9. The molecule has 2 heterocycles. The van der Waals surface area contributed by atoms with E-state index in [4.69, 9.17) is 4.42 Å². The third-order valence-electron chi connectivity index (χ3n) is 3.98. The molecule has 6 heteroatoms. The van der Waals surface area contributed by atoms with Crippen molar-refractivity contribution < 1.29 is 4.42 Å². The highest BCUT2D eigenvalue weighted by Crippen LogP contribution is 2.24. The molecule has 0 saturated heterocycles. The van der Waals surface area contributed by atoms with E-state index in [1.807, 2.05) is 42.2 Å². The number of fused-ring (bicyclic) bond motifs is 1. The van der Waals surface area contributed by atoms with Gasteiger partial charge in [-0.25, -0.2) is 0 Å². The first-order valence-corrected chi connectivity index (χ1v) is 8.08. The maximum Gasteiger partial charge on any atom is 0.191 e. The van der Waals surface area contributed by atoms with Crippen LogP contribution in [0.1, 0.15) is 16.9 Å². The van der Waals surface area contributed by atoms with Gasteiger partial charge in [-0.15, -0.1) is 0 Å². The smallest absolute Gasteiger partial charge is 0.191 e. The molecule has 2 N–H and O–H groups in total. The molecule has 1 aromatic carbocycles. The van der Waals surface area contributed by atoms with Crippen molar-refractivity contribution in [3.63, 3.8) is 0 Å². The van der Waals surface area contributed by atoms with Crippen LogP contribution in [0.15, 0.2) is 46.1 Å². The predicted molar refractivity (Wildman–Crippen MR) is 96.1 cm³/mol. The molecule has 6 nitrogen and oxygen atoms in total. The van der Waals surface area contributed by atoms with Crippen LogP contribution in [0.25, 0.3) is 11.0 Å². The van der Waals surface area contributed by atoms with Crippen LogP contribution in [0.2, 0.25) is 0 Å². The van der Waals surface area contributed by atoms with Crippen molar-refractivity contribution in [2.75, 3.05) is 13.6 Å². The number of benzene rings is 1. The molecule has 0 amide bonds. The van der Waals surface area contributed by atoms with Crippen LogP contribution >= 0.6 is 0 Å². The Morgan fingerprint density at radius 3 is 2.79 bits per heavy atom. The van der Waals surface area contributed by atoms with Crippen LogP contribution in [0.5, 0.6) is 0 Å². The van der Waals surface area contributed by atoms with Gasteiger partial charge in [-0.05, 0) is 25.5 Å². The molecular weight excluding hydrogens is 302 g/mol. The molecule has 0 unspecified atom stereocenters. The number of aliphatic imine (C=N–C) groups is 1. The van der Waals surface area contributed by atoms with Gasteiger partial charge >= 0.3 is 0 Å². The number of para-hydroxylation sites is 1. The SMILES string of the molecule is CN=C(NCCn1cc(C)cn1)NCc1oc2ccccc2c1C. The Labute approximate surface area is 141 Å². The summed E-state index contributed by atoms with van der Waals surface area (Å²) in [6.07, 6.45) is 3.88. The average Bonchev–Trinajstić information content (AvgIpc) is 3.15. The summed E-state index contributed by atoms with van der Waals surface area (Å²) in [5.41, 5.74) is 3.25. The standard InChI is InChI=1S/C18H23N5O/c1-13-10-22-23(12-13)9-8-20-18(19-3)21-11-17-14(2)15-6-4-5-7-16(15)24-17/h4-7,10,12H,8-9,11H2,1-3H3,(H2,19,20,21). The highest BCUT2D eigenvalue weighted by molar-refractivity contribution is 5.82. The van der Waals surface area contributed by atoms with Crippen molar-refractivity contribution in [3.05, 3.63) is 53.5 Å². The van der Waals surface area contributed by atoms with Gasteiger partial charge in [-0.1, -0.05) is 18.2 Å². The summed E-state index contributed by atoms with van der Waals surface area (Å²) in [5.74, 6) is 1.68. The van der Waals surface area contributed by atoms with E-state index >= 15 is 0 Å². The third kappa shape index (κ3) is 3.59. The fourth-order valence-corrected chi connectivity index (χ4v) is 2.66. The Hall–Kier alpha value is -2.76. The quantitative estimate of drug-likeness (QED) is 0.559.